The molecule has 2 heterocycles. The number of aromatic nitrogens is 2. The van der Waals surface area contributed by atoms with Crippen LogP contribution < -0.4 is 5.73 Å². The lowest BCUT2D eigenvalue weighted by Gasteiger charge is -1.96. The first kappa shape index (κ1) is 11.2. The van der Waals surface area contributed by atoms with Crippen LogP contribution in [0.5, 0.6) is 0 Å². The molecule has 7 heteroatoms. The van der Waals surface area contributed by atoms with E-state index in [9.17, 15) is 4.79 Å². The molecule has 0 amide bonds. The van der Waals surface area contributed by atoms with E-state index in [1.54, 1.807) is 13.8 Å². The van der Waals surface area contributed by atoms with Gasteiger partial charge in [0.2, 0.25) is 17.3 Å². The molecule has 0 unspecified atom stereocenters. The summed E-state index contributed by atoms with van der Waals surface area (Å²) in [6.45, 7) is 3.65. The van der Waals surface area contributed by atoms with Crippen molar-refractivity contribution in [1.29, 1.82) is 0 Å². The van der Waals surface area contributed by atoms with Crippen molar-refractivity contribution in [2.45, 2.75) is 13.8 Å². The van der Waals surface area contributed by atoms with E-state index < -0.39 is 5.97 Å². The lowest BCUT2D eigenvalue weighted by molar-refractivity contribution is 0.0521. The van der Waals surface area contributed by atoms with Crippen LogP contribution in [0.25, 0.3) is 11.7 Å². The Hall–Kier alpha value is -2.31. The molecule has 0 spiro atoms. The Bertz CT molecular complexity index is 543. The van der Waals surface area contributed by atoms with Gasteiger partial charge in [0.05, 0.1) is 12.3 Å². The summed E-state index contributed by atoms with van der Waals surface area (Å²) in [6.07, 6.45) is 1.26. The number of anilines is 1. The van der Waals surface area contributed by atoms with Crippen LogP contribution in [0.2, 0.25) is 0 Å². The standard InChI is InChI=1S/C10H11N3O4/c1-3-15-10(14)6-8(11)17-9(13-6)7-5(2)12-4-16-7/h4H,3,11H2,1-2H3. The Labute approximate surface area is 96.6 Å². The van der Waals surface area contributed by atoms with Gasteiger partial charge in [0.15, 0.2) is 6.39 Å². The van der Waals surface area contributed by atoms with Gasteiger partial charge in [-0.05, 0) is 13.8 Å². The number of hydrogen-bond donors (Lipinski definition) is 1. The zero-order valence-electron chi connectivity index (χ0n) is 9.39. The molecule has 2 N–H and O–H groups in total. The van der Waals surface area contributed by atoms with E-state index in [0.717, 1.165) is 0 Å². The lowest BCUT2D eigenvalue weighted by atomic mass is 10.4. The zero-order valence-corrected chi connectivity index (χ0v) is 9.39. The van der Waals surface area contributed by atoms with E-state index in [0.29, 0.717) is 11.5 Å². The summed E-state index contributed by atoms with van der Waals surface area (Å²) in [5.74, 6) is -0.279. The number of nitrogens with two attached hydrogens (primary N) is 1. The topological polar surface area (TPSA) is 104 Å². The van der Waals surface area contributed by atoms with Crippen molar-refractivity contribution in [3.05, 3.63) is 17.8 Å². The van der Waals surface area contributed by atoms with E-state index in [2.05, 4.69) is 9.97 Å². The molecular formula is C10H11N3O4. The number of nitrogens with zero attached hydrogens (tertiary/aromatic N) is 2. The third-order valence-corrected chi connectivity index (χ3v) is 2.06. The molecule has 0 aliphatic carbocycles. The van der Waals surface area contributed by atoms with Crippen LogP contribution in [0.15, 0.2) is 15.2 Å². The summed E-state index contributed by atoms with van der Waals surface area (Å²) < 4.78 is 15.0. The number of nitrogen functional groups attached to an aromatic ring is 1. The molecule has 7 nitrogen and oxygen atoms in total. The van der Waals surface area contributed by atoms with Gasteiger partial charge in [-0.2, -0.15) is 4.98 Å². The fraction of sp³-hybridized carbons (Fsp3) is 0.300. The number of carbonyl (C=O) groups excluding carboxylic acids is 1. The summed E-state index contributed by atoms with van der Waals surface area (Å²) in [5, 5.41) is 0. The second kappa shape index (κ2) is 4.28. The van der Waals surface area contributed by atoms with Crippen molar-refractivity contribution < 1.29 is 18.4 Å². The third kappa shape index (κ3) is 1.99. The minimum atomic E-state index is -0.628. The monoisotopic (exact) mass is 237 g/mol. The summed E-state index contributed by atoms with van der Waals surface area (Å²) in [7, 11) is 0. The molecule has 17 heavy (non-hydrogen) atoms. The molecule has 0 atom stereocenters. The van der Waals surface area contributed by atoms with Gasteiger partial charge in [-0.3, -0.25) is 0 Å². The molecule has 0 aliphatic heterocycles. The quantitative estimate of drug-likeness (QED) is 0.804. The van der Waals surface area contributed by atoms with Gasteiger partial charge in [0.25, 0.3) is 5.89 Å². The zero-order chi connectivity index (χ0) is 12.4. The normalized spacial score (nSPS) is 10.5. The Morgan fingerprint density at radius 1 is 1.59 bits per heavy atom. The first-order chi connectivity index (χ1) is 8.13. The predicted molar refractivity (Wildman–Crippen MR) is 57.1 cm³/mol. The number of rotatable bonds is 3. The third-order valence-electron chi connectivity index (χ3n) is 2.06. The Morgan fingerprint density at radius 3 is 2.94 bits per heavy atom. The van der Waals surface area contributed by atoms with Crippen molar-refractivity contribution in [2.75, 3.05) is 12.3 Å². The maximum atomic E-state index is 11.5. The molecule has 0 aliphatic rings. The van der Waals surface area contributed by atoms with Crippen molar-refractivity contribution in [3.8, 4) is 11.7 Å². The molecule has 0 radical (unpaired) electrons. The lowest BCUT2D eigenvalue weighted by Crippen LogP contribution is -2.07. The maximum Gasteiger partial charge on any atom is 0.362 e. The summed E-state index contributed by atoms with van der Waals surface area (Å²) >= 11 is 0. The molecule has 0 bridgehead atoms. The Balaban J connectivity index is 2.37. The molecule has 0 saturated heterocycles. The largest absolute Gasteiger partial charge is 0.461 e. The van der Waals surface area contributed by atoms with Crippen LogP contribution in [0, 0.1) is 6.92 Å². The summed E-state index contributed by atoms with van der Waals surface area (Å²) in [6, 6.07) is 0. The first-order valence-electron chi connectivity index (χ1n) is 4.97. The molecule has 0 aromatic carbocycles. The molecule has 0 saturated carbocycles. The van der Waals surface area contributed by atoms with Crippen molar-refractivity contribution in [1.82, 2.24) is 9.97 Å². The number of oxazole rings is 2. The first-order valence-corrected chi connectivity index (χ1v) is 4.97. The van der Waals surface area contributed by atoms with Gasteiger partial charge in [-0.1, -0.05) is 0 Å². The number of ether oxygens (including phenoxy) is 1. The highest BCUT2D eigenvalue weighted by molar-refractivity contribution is 5.92. The van der Waals surface area contributed by atoms with Gasteiger partial charge < -0.3 is 19.3 Å². The van der Waals surface area contributed by atoms with Crippen molar-refractivity contribution in [2.24, 2.45) is 0 Å². The van der Waals surface area contributed by atoms with Gasteiger partial charge in [0.1, 0.15) is 0 Å². The molecule has 0 fully saturated rings. The van der Waals surface area contributed by atoms with E-state index in [-0.39, 0.29) is 24.1 Å². The number of hydrogen-bond acceptors (Lipinski definition) is 7. The number of aryl methyl sites for hydroxylation is 1. The summed E-state index contributed by atoms with van der Waals surface area (Å²) in [5.41, 5.74) is 6.08. The van der Waals surface area contributed by atoms with E-state index >= 15 is 0 Å². The van der Waals surface area contributed by atoms with E-state index in [4.69, 9.17) is 19.3 Å². The minimum Gasteiger partial charge on any atom is -0.461 e. The minimum absolute atomic E-state index is 0.0577. The molecule has 2 aromatic rings. The highest BCUT2D eigenvalue weighted by Crippen LogP contribution is 2.26. The van der Waals surface area contributed by atoms with Crippen molar-refractivity contribution in [3.63, 3.8) is 0 Å². The predicted octanol–water partition coefficient (Wildman–Crippen LogP) is 1.40. The average molecular weight is 237 g/mol. The number of esters is 1. The molecule has 90 valence electrons. The molecule has 2 rings (SSSR count). The Kier molecular flexibility index (Phi) is 2.82. The van der Waals surface area contributed by atoms with Crippen LogP contribution in [0.3, 0.4) is 0 Å². The van der Waals surface area contributed by atoms with Crippen LogP contribution in [0.1, 0.15) is 23.1 Å². The van der Waals surface area contributed by atoms with Crippen LogP contribution in [0.4, 0.5) is 5.88 Å². The highest BCUT2D eigenvalue weighted by atomic mass is 16.5. The van der Waals surface area contributed by atoms with E-state index in [1.807, 2.05) is 0 Å². The molecular weight excluding hydrogens is 226 g/mol. The Morgan fingerprint density at radius 2 is 2.35 bits per heavy atom. The van der Waals surface area contributed by atoms with Crippen LogP contribution in [-0.2, 0) is 4.74 Å². The van der Waals surface area contributed by atoms with Gasteiger partial charge in [0, 0.05) is 0 Å². The maximum absolute atomic E-state index is 11.5. The average Bonchev–Trinajstić information content (AvgIpc) is 2.84. The second-order valence-electron chi connectivity index (χ2n) is 3.22. The fourth-order valence-electron chi connectivity index (χ4n) is 1.28. The smallest absolute Gasteiger partial charge is 0.362 e. The van der Waals surface area contributed by atoms with Crippen LogP contribution in [-0.4, -0.2) is 22.5 Å². The van der Waals surface area contributed by atoms with E-state index in [1.165, 1.54) is 6.39 Å². The van der Waals surface area contributed by atoms with Crippen molar-refractivity contribution >= 4 is 11.9 Å². The van der Waals surface area contributed by atoms with Crippen LogP contribution >= 0.6 is 0 Å². The SMILES string of the molecule is CCOC(=O)c1nc(-c2ocnc2C)oc1N. The highest BCUT2D eigenvalue weighted by Gasteiger charge is 2.22. The van der Waals surface area contributed by atoms with Gasteiger partial charge in [-0.25, -0.2) is 9.78 Å². The van der Waals surface area contributed by atoms with Gasteiger partial charge >= 0.3 is 5.97 Å². The fourth-order valence-corrected chi connectivity index (χ4v) is 1.28. The summed E-state index contributed by atoms with van der Waals surface area (Å²) in [4.78, 5) is 19.3. The van der Waals surface area contributed by atoms with Gasteiger partial charge in [-0.15, -0.1) is 0 Å². The molecule has 2 aromatic heterocycles. The number of carbonyl (C=O) groups is 1. The second-order valence-corrected chi connectivity index (χ2v) is 3.22.